The summed E-state index contributed by atoms with van der Waals surface area (Å²) in [6.07, 6.45) is 2.06. The molecule has 0 fully saturated rings. The van der Waals surface area contributed by atoms with Crippen molar-refractivity contribution in [3.8, 4) is 0 Å². The lowest BCUT2D eigenvalue weighted by molar-refractivity contribution is 0.209. The molecule has 1 heterocycles. The van der Waals surface area contributed by atoms with E-state index in [1.165, 1.54) is 6.20 Å². The molecule has 2 N–H and O–H groups in total. The largest absolute Gasteiger partial charge is 0.465 e. The van der Waals surface area contributed by atoms with E-state index in [1.807, 2.05) is 22.6 Å². The number of pyridine rings is 1. The van der Waals surface area contributed by atoms with E-state index in [0.29, 0.717) is 5.69 Å². The van der Waals surface area contributed by atoms with Crippen LogP contribution in [0, 0.1) is 3.57 Å². The Kier molecular flexibility index (Phi) is 2.64. The van der Waals surface area contributed by atoms with Gasteiger partial charge in [0, 0.05) is 12.4 Å². The van der Waals surface area contributed by atoms with Crippen molar-refractivity contribution in [2.45, 2.75) is 0 Å². The van der Waals surface area contributed by atoms with Crippen molar-refractivity contribution in [3.63, 3.8) is 0 Å². The lowest BCUT2D eigenvalue weighted by Crippen LogP contribution is -2.08. The van der Waals surface area contributed by atoms with Crippen LogP contribution in [0.2, 0.25) is 0 Å². The molecule has 0 radical (unpaired) electrons. The molecule has 1 amide bonds. The van der Waals surface area contributed by atoms with E-state index in [9.17, 15) is 4.79 Å². The SMILES string of the molecule is O=C(O)Nc1ccncc1I. The number of rotatable bonds is 1. The number of amides is 1. The van der Waals surface area contributed by atoms with Crippen LogP contribution in [0.4, 0.5) is 10.5 Å². The zero-order valence-corrected chi connectivity index (χ0v) is 7.57. The number of carboxylic acid groups (broad SMARTS) is 1. The van der Waals surface area contributed by atoms with Crippen LogP contribution in [-0.2, 0) is 0 Å². The third kappa shape index (κ3) is 2.34. The fourth-order valence-corrected chi connectivity index (χ4v) is 1.07. The lowest BCUT2D eigenvalue weighted by Gasteiger charge is -2.00. The topological polar surface area (TPSA) is 62.2 Å². The first-order chi connectivity index (χ1) is 5.20. The molecule has 0 saturated heterocycles. The molecular formula is C6H5IN2O2. The number of anilines is 1. The molecule has 1 aromatic heterocycles. The van der Waals surface area contributed by atoms with E-state index in [2.05, 4.69) is 10.3 Å². The molecule has 0 aromatic carbocycles. The number of halogens is 1. The van der Waals surface area contributed by atoms with E-state index in [1.54, 1.807) is 12.3 Å². The minimum atomic E-state index is -1.06. The van der Waals surface area contributed by atoms with Crippen LogP contribution in [0.5, 0.6) is 0 Å². The monoisotopic (exact) mass is 264 g/mol. The number of hydrogen-bond acceptors (Lipinski definition) is 2. The summed E-state index contributed by atoms with van der Waals surface area (Å²) in [5.41, 5.74) is 0.563. The highest BCUT2D eigenvalue weighted by Gasteiger charge is 2.00. The molecule has 0 spiro atoms. The van der Waals surface area contributed by atoms with Crippen LogP contribution >= 0.6 is 22.6 Å². The summed E-state index contributed by atoms with van der Waals surface area (Å²) in [6, 6.07) is 1.61. The summed E-state index contributed by atoms with van der Waals surface area (Å²) in [5, 5.41) is 10.6. The highest BCUT2D eigenvalue weighted by molar-refractivity contribution is 14.1. The molecule has 0 atom stereocenters. The van der Waals surface area contributed by atoms with Gasteiger partial charge >= 0.3 is 6.09 Å². The average molecular weight is 264 g/mol. The highest BCUT2D eigenvalue weighted by atomic mass is 127. The Morgan fingerprint density at radius 3 is 3.00 bits per heavy atom. The zero-order chi connectivity index (χ0) is 8.27. The standard InChI is InChI=1S/C6H5IN2O2/c7-4-3-8-2-1-5(4)9-6(10)11/h1-3H,(H,8,9)(H,10,11). The van der Waals surface area contributed by atoms with Crippen LogP contribution in [0.3, 0.4) is 0 Å². The van der Waals surface area contributed by atoms with Crippen molar-refractivity contribution in [1.29, 1.82) is 0 Å². The number of nitrogens with zero attached hydrogens (tertiary/aromatic N) is 1. The third-order valence-electron chi connectivity index (χ3n) is 1.01. The second kappa shape index (κ2) is 3.51. The first-order valence-corrected chi connectivity index (χ1v) is 3.87. The van der Waals surface area contributed by atoms with Crippen LogP contribution < -0.4 is 5.32 Å². The van der Waals surface area contributed by atoms with Gasteiger partial charge in [-0.2, -0.15) is 0 Å². The van der Waals surface area contributed by atoms with Gasteiger partial charge in [0.25, 0.3) is 0 Å². The fourth-order valence-electron chi connectivity index (χ4n) is 0.592. The molecular weight excluding hydrogens is 259 g/mol. The second-order valence-electron chi connectivity index (χ2n) is 1.79. The van der Waals surface area contributed by atoms with Gasteiger partial charge in [0.15, 0.2) is 0 Å². The van der Waals surface area contributed by atoms with Gasteiger partial charge in [0.1, 0.15) is 0 Å². The lowest BCUT2D eigenvalue weighted by atomic mass is 10.4. The maximum absolute atomic E-state index is 10.2. The third-order valence-corrected chi connectivity index (χ3v) is 1.87. The molecule has 0 aliphatic heterocycles. The first kappa shape index (κ1) is 8.25. The van der Waals surface area contributed by atoms with Crippen LogP contribution in [0.25, 0.3) is 0 Å². The van der Waals surface area contributed by atoms with Crippen LogP contribution in [0.1, 0.15) is 0 Å². The van der Waals surface area contributed by atoms with Crippen molar-refractivity contribution < 1.29 is 9.90 Å². The Morgan fingerprint density at radius 1 is 1.73 bits per heavy atom. The zero-order valence-electron chi connectivity index (χ0n) is 5.41. The van der Waals surface area contributed by atoms with Crippen LogP contribution in [-0.4, -0.2) is 16.2 Å². The Morgan fingerprint density at radius 2 is 2.45 bits per heavy atom. The molecule has 0 aliphatic carbocycles. The first-order valence-electron chi connectivity index (χ1n) is 2.79. The molecule has 5 heteroatoms. The minimum absolute atomic E-state index is 0.563. The van der Waals surface area contributed by atoms with Gasteiger partial charge in [-0.25, -0.2) is 4.79 Å². The fraction of sp³-hybridized carbons (Fsp3) is 0. The quantitative estimate of drug-likeness (QED) is 0.760. The van der Waals surface area contributed by atoms with Gasteiger partial charge in [-0.15, -0.1) is 0 Å². The second-order valence-corrected chi connectivity index (χ2v) is 2.95. The van der Waals surface area contributed by atoms with Crippen molar-refractivity contribution in [3.05, 3.63) is 22.0 Å². The number of carbonyl (C=O) groups is 1. The Bertz CT molecular complexity index is 277. The van der Waals surface area contributed by atoms with Gasteiger partial charge in [-0.05, 0) is 28.7 Å². The molecule has 11 heavy (non-hydrogen) atoms. The molecule has 0 bridgehead atoms. The van der Waals surface area contributed by atoms with E-state index in [0.717, 1.165) is 3.57 Å². The number of nitrogens with one attached hydrogen (secondary N) is 1. The number of aromatic nitrogens is 1. The van der Waals surface area contributed by atoms with Crippen molar-refractivity contribution >= 4 is 34.4 Å². The summed E-state index contributed by atoms with van der Waals surface area (Å²) in [4.78, 5) is 14.0. The van der Waals surface area contributed by atoms with Crippen molar-refractivity contribution in [2.24, 2.45) is 0 Å². The molecule has 1 rings (SSSR count). The van der Waals surface area contributed by atoms with Gasteiger partial charge in [0.05, 0.1) is 9.26 Å². The van der Waals surface area contributed by atoms with E-state index in [4.69, 9.17) is 5.11 Å². The van der Waals surface area contributed by atoms with E-state index >= 15 is 0 Å². The van der Waals surface area contributed by atoms with Crippen molar-refractivity contribution in [2.75, 3.05) is 5.32 Å². The van der Waals surface area contributed by atoms with Gasteiger partial charge in [-0.3, -0.25) is 10.3 Å². The maximum atomic E-state index is 10.2. The van der Waals surface area contributed by atoms with Crippen molar-refractivity contribution in [1.82, 2.24) is 4.98 Å². The van der Waals surface area contributed by atoms with E-state index < -0.39 is 6.09 Å². The summed E-state index contributed by atoms with van der Waals surface area (Å²) >= 11 is 2.01. The molecule has 0 saturated carbocycles. The van der Waals surface area contributed by atoms with Gasteiger partial charge in [-0.1, -0.05) is 0 Å². The highest BCUT2D eigenvalue weighted by Crippen LogP contribution is 2.14. The summed E-state index contributed by atoms with van der Waals surface area (Å²) < 4.78 is 0.785. The predicted molar refractivity (Wildman–Crippen MR) is 48.6 cm³/mol. The molecule has 0 unspecified atom stereocenters. The molecule has 0 aliphatic rings. The molecule has 4 nitrogen and oxygen atoms in total. The maximum Gasteiger partial charge on any atom is 0.409 e. The predicted octanol–water partition coefficient (Wildman–Crippen LogP) is 1.78. The van der Waals surface area contributed by atoms with Gasteiger partial charge < -0.3 is 5.11 Å². The normalized spacial score (nSPS) is 9.18. The van der Waals surface area contributed by atoms with Gasteiger partial charge in [0.2, 0.25) is 0 Å². The molecule has 1 aromatic rings. The minimum Gasteiger partial charge on any atom is -0.465 e. The molecule has 58 valence electrons. The smallest absolute Gasteiger partial charge is 0.409 e. The summed E-state index contributed by atoms with van der Waals surface area (Å²) in [7, 11) is 0. The summed E-state index contributed by atoms with van der Waals surface area (Å²) in [5.74, 6) is 0. The van der Waals surface area contributed by atoms with Crippen LogP contribution in [0.15, 0.2) is 18.5 Å². The Hall–Kier alpha value is -0.850. The Labute approximate surface area is 76.8 Å². The Balaban J connectivity index is 2.86. The van der Waals surface area contributed by atoms with E-state index in [-0.39, 0.29) is 0 Å². The summed E-state index contributed by atoms with van der Waals surface area (Å²) in [6.45, 7) is 0. The number of hydrogen-bond donors (Lipinski definition) is 2. The average Bonchev–Trinajstić information content (AvgIpc) is 1.93.